The van der Waals surface area contributed by atoms with E-state index in [9.17, 15) is 26.3 Å². The molecule has 7 nitrogen and oxygen atoms in total. The number of pyridine rings is 1. The predicted octanol–water partition coefficient (Wildman–Crippen LogP) is 4.79. The highest BCUT2D eigenvalue weighted by Crippen LogP contribution is 2.34. The molecule has 1 aliphatic heterocycles. The lowest BCUT2D eigenvalue weighted by Crippen LogP contribution is -2.30. The first kappa shape index (κ1) is 24.4. The Morgan fingerprint density at radius 1 is 1.12 bits per heavy atom. The van der Waals surface area contributed by atoms with Gasteiger partial charge in [-0.2, -0.15) is 13.2 Å². The molecule has 1 aliphatic rings. The summed E-state index contributed by atoms with van der Waals surface area (Å²) in [7, 11) is 0. The number of nitrogens with one attached hydrogen (secondary N) is 1. The van der Waals surface area contributed by atoms with Gasteiger partial charge in [-0.25, -0.2) is 33.5 Å². The SMILES string of the molecule is OCC(F)(F)COc1cc(Cl)c(C2=NC(c3cn4cc(C(F)(F)F)cc(Cl)c4n3)ON2)cc1F. The molecule has 3 aromatic rings. The summed E-state index contributed by atoms with van der Waals surface area (Å²) in [5.74, 6) is -5.25. The van der Waals surface area contributed by atoms with Crippen molar-refractivity contribution >= 4 is 34.7 Å². The second-order valence-electron chi connectivity index (χ2n) is 7.09. The van der Waals surface area contributed by atoms with Crippen LogP contribution in [0.2, 0.25) is 10.0 Å². The topological polar surface area (TPSA) is 80.4 Å². The summed E-state index contributed by atoms with van der Waals surface area (Å²) in [4.78, 5) is 13.6. The average Bonchev–Trinajstić information content (AvgIpc) is 3.41. The number of aliphatic hydroxyl groups is 1. The number of rotatable bonds is 6. The van der Waals surface area contributed by atoms with Gasteiger partial charge in [0.05, 0.1) is 15.6 Å². The number of hydroxylamine groups is 1. The lowest BCUT2D eigenvalue weighted by Gasteiger charge is -2.15. The number of aromatic nitrogens is 2. The molecule has 0 saturated carbocycles. The number of nitrogens with zero attached hydrogens (tertiary/aromatic N) is 3. The van der Waals surface area contributed by atoms with E-state index in [0.29, 0.717) is 0 Å². The van der Waals surface area contributed by atoms with Crippen molar-refractivity contribution in [3.63, 3.8) is 0 Å². The number of benzene rings is 1. The van der Waals surface area contributed by atoms with Crippen molar-refractivity contribution in [1.29, 1.82) is 0 Å². The largest absolute Gasteiger partial charge is 0.484 e. The quantitative estimate of drug-likeness (QED) is 0.450. The molecule has 2 N–H and O–H groups in total. The summed E-state index contributed by atoms with van der Waals surface area (Å²) in [6.45, 7) is -2.75. The van der Waals surface area contributed by atoms with E-state index in [1.54, 1.807) is 0 Å². The normalized spacial score (nSPS) is 16.6. The van der Waals surface area contributed by atoms with Crippen molar-refractivity contribution in [1.82, 2.24) is 14.9 Å². The fraction of sp³-hybridized carbons (Fsp3) is 0.263. The van der Waals surface area contributed by atoms with Crippen molar-refractivity contribution in [3.05, 3.63) is 63.3 Å². The maximum atomic E-state index is 14.4. The van der Waals surface area contributed by atoms with E-state index >= 15 is 0 Å². The van der Waals surface area contributed by atoms with Crippen molar-refractivity contribution in [2.45, 2.75) is 18.3 Å². The monoisotopic (exact) mass is 528 g/mol. The van der Waals surface area contributed by atoms with Gasteiger partial charge in [-0.05, 0) is 12.1 Å². The lowest BCUT2D eigenvalue weighted by atomic mass is 10.2. The molecule has 0 fully saturated rings. The maximum absolute atomic E-state index is 14.4. The van der Waals surface area contributed by atoms with Crippen molar-refractivity contribution in [2.24, 2.45) is 4.99 Å². The molecular weight excluding hydrogens is 517 g/mol. The van der Waals surface area contributed by atoms with E-state index in [1.165, 1.54) is 6.20 Å². The van der Waals surface area contributed by atoms with Crippen LogP contribution < -0.4 is 10.2 Å². The standard InChI is InChI=1S/C19H12Cl2F6N4O3/c20-10-3-14(33-7-18(23,24)6-32)12(22)2-9(10)15-29-17(34-30-15)13-5-31-4-8(19(25,26)27)1-11(21)16(31)28-13/h1-5,17,32H,6-7H2,(H,29,30). The molecule has 15 heteroatoms. The van der Waals surface area contributed by atoms with Gasteiger partial charge >= 0.3 is 12.1 Å². The predicted molar refractivity (Wildman–Crippen MR) is 108 cm³/mol. The Labute approximate surface area is 196 Å². The molecule has 0 spiro atoms. The van der Waals surface area contributed by atoms with Crippen molar-refractivity contribution in [3.8, 4) is 5.75 Å². The van der Waals surface area contributed by atoms with E-state index in [-0.39, 0.29) is 32.8 Å². The molecule has 3 heterocycles. The number of aliphatic hydroxyl groups excluding tert-OH is 1. The van der Waals surface area contributed by atoms with Gasteiger partial charge in [0.15, 0.2) is 29.7 Å². The molecule has 34 heavy (non-hydrogen) atoms. The molecule has 0 aliphatic carbocycles. The van der Waals surface area contributed by atoms with E-state index < -0.39 is 48.7 Å². The van der Waals surface area contributed by atoms with Gasteiger partial charge in [0.25, 0.3) is 0 Å². The van der Waals surface area contributed by atoms with Crippen LogP contribution in [-0.4, -0.2) is 39.5 Å². The molecule has 2 aromatic heterocycles. The first-order chi connectivity index (χ1) is 15.9. The van der Waals surface area contributed by atoms with E-state index in [0.717, 1.165) is 28.8 Å². The molecule has 1 aromatic carbocycles. The Morgan fingerprint density at radius 2 is 1.85 bits per heavy atom. The zero-order chi connectivity index (χ0) is 24.8. The van der Waals surface area contributed by atoms with Gasteiger partial charge in [0.1, 0.15) is 12.3 Å². The number of aliphatic imine (C=N–C) groups is 1. The van der Waals surface area contributed by atoms with Crippen LogP contribution in [0.25, 0.3) is 5.65 Å². The average molecular weight is 529 g/mol. The maximum Gasteiger partial charge on any atom is 0.417 e. The highest BCUT2D eigenvalue weighted by Gasteiger charge is 2.33. The highest BCUT2D eigenvalue weighted by atomic mass is 35.5. The summed E-state index contributed by atoms with van der Waals surface area (Å²) >= 11 is 12.0. The number of hydrogen-bond donors (Lipinski definition) is 2. The van der Waals surface area contributed by atoms with Crippen molar-refractivity contribution in [2.75, 3.05) is 13.2 Å². The number of hydrogen-bond acceptors (Lipinski definition) is 6. The number of imidazole rings is 1. The number of fused-ring (bicyclic) bond motifs is 1. The molecule has 4 rings (SSSR count). The Hall–Kier alpha value is -2.74. The van der Waals surface area contributed by atoms with Crippen LogP contribution in [0.5, 0.6) is 5.75 Å². The first-order valence-corrected chi connectivity index (χ1v) is 9.99. The minimum Gasteiger partial charge on any atom is -0.484 e. The number of halogens is 8. The number of ether oxygens (including phenoxy) is 1. The molecule has 1 atom stereocenters. The number of alkyl halides is 5. The van der Waals surface area contributed by atoms with Gasteiger partial charge < -0.3 is 14.2 Å². The van der Waals surface area contributed by atoms with Gasteiger partial charge in [0, 0.05) is 24.0 Å². The minimum absolute atomic E-state index is 0.0101. The first-order valence-electron chi connectivity index (χ1n) is 9.23. The second kappa shape index (κ2) is 8.80. The summed E-state index contributed by atoms with van der Waals surface area (Å²) < 4.78 is 85.4. The van der Waals surface area contributed by atoms with Crippen LogP contribution in [0.4, 0.5) is 26.3 Å². The van der Waals surface area contributed by atoms with Gasteiger partial charge in [-0.1, -0.05) is 23.2 Å². The van der Waals surface area contributed by atoms with Crippen LogP contribution in [0.1, 0.15) is 23.0 Å². The zero-order valence-electron chi connectivity index (χ0n) is 16.5. The second-order valence-corrected chi connectivity index (χ2v) is 7.90. The fourth-order valence-corrected chi connectivity index (χ4v) is 3.43. The van der Waals surface area contributed by atoms with E-state index in [2.05, 4.69) is 15.5 Å². The minimum atomic E-state index is -4.62. The molecule has 0 saturated heterocycles. The molecular formula is C19H12Cl2F6N4O3. The third-order valence-corrected chi connectivity index (χ3v) is 5.16. The van der Waals surface area contributed by atoms with Crippen LogP contribution in [0.3, 0.4) is 0 Å². The summed E-state index contributed by atoms with van der Waals surface area (Å²) in [6, 6.07) is 2.54. The third kappa shape index (κ3) is 4.87. The Morgan fingerprint density at radius 3 is 2.53 bits per heavy atom. The van der Waals surface area contributed by atoms with Crippen LogP contribution in [-0.2, 0) is 11.0 Å². The molecule has 0 amide bonds. The molecule has 0 bridgehead atoms. The lowest BCUT2D eigenvalue weighted by molar-refractivity contribution is -0.137. The molecule has 0 radical (unpaired) electrons. The number of amidine groups is 1. The smallest absolute Gasteiger partial charge is 0.417 e. The van der Waals surface area contributed by atoms with E-state index in [1.807, 2.05) is 0 Å². The van der Waals surface area contributed by atoms with Crippen LogP contribution >= 0.6 is 23.2 Å². The summed E-state index contributed by atoms with van der Waals surface area (Å²) in [6.07, 6.45) is -3.73. The Bertz CT molecular complexity index is 1280. The zero-order valence-corrected chi connectivity index (χ0v) is 18.0. The van der Waals surface area contributed by atoms with Crippen LogP contribution in [0, 0.1) is 5.82 Å². The fourth-order valence-electron chi connectivity index (χ4n) is 2.93. The van der Waals surface area contributed by atoms with Gasteiger partial charge in [-0.3, -0.25) is 0 Å². The highest BCUT2D eigenvalue weighted by molar-refractivity contribution is 6.34. The Kier molecular flexibility index (Phi) is 6.31. The van der Waals surface area contributed by atoms with Gasteiger partial charge in [-0.15, -0.1) is 0 Å². The summed E-state index contributed by atoms with van der Waals surface area (Å²) in [5, 5.41) is 8.18. The van der Waals surface area contributed by atoms with Crippen LogP contribution in [0.15, 0.2) is 35.6 Å². The summed E-state index contributed by atoms with van der Waals surface area (Å²) in [5.41, 5.74) is 1.54. The molecule has 1 unspecified atom stereocenters. The molecule has 182 valence electrons. The van der Waals surface area contributed by atoms with Crippen molar-refractivity contribution < 1.29 is 41.0 Å². The van der Waals surface area contributed by atoms with Gasteiger partial charge in [0.2, 0.25) is 6.23 Å². The third-order valence-electron chi connectivity index (χ3n) is 4.57. The van der Waals surface area contributed by atoms with E-state index in [4.69, 9.17) is 37.9 Å². The Balaban J connectivity index is 1.60.